The van der Waals surface area contributed by atoms with E-state index in [0.29, 0.717) is 30.7 Å². The molecule has 0 saturated carbocycles. The van der Waals surface area contributed by atoms with Gasteiger partial charge in [0, 0.05) is 24.5 Å². The molecular weight excluding hydrogens is 408 g/mol. The largest absolute Gasteiger partial charge is 0.444 e. The third kappa shape index (κ3) is 5.03. The van der Waals surface area contributed by atoms with E-state index in [9.17, 15) is 13.6 Å². The zero-order chi connectivity index (χ0) is 19.5. The minimum Gasteiger partial charge on any atom is -0.444 e. The Kier molecular flexibility index (Phi) is 6.39. The van der Waals surface area contributed by atoms with Gasteiger partial charge in [-0.25, -0.2) is 18.6 Å². The summed E-state index contributed by atoms with van der Waals surface area (Å²) >= 11 is 2.92. The van der Waals surface area contributed by atoms with Gasteiger partial charge in [0.2, 0.25) is 0 Å². The first-order valence-electron chi connectivity index (χ1n) is 8.30. The fourth-order valence-electron chi connectivity index (χ4n) is 2.41. The molecule has 2 rings (SSSR count). The molecule has 0 fully saturated rings. The summed E-state index contributed by atoms with van der Waals surface area (Å²) in [6.45, 7) is 7.95. The summed E-state index contributed by atoms with van der Waals surface area (Å²) in [7, 11) is 0. The number of aryl methyl sites for hydroxylation is 1. The van der Waals surface area contributed by atoms with Crippen molar-refractivity contribution in [1.29, 1.82) is 0 Å². The Bertz CT molecular complexity index is 822. The number of ether oxygens (including phenoxy) is 1. The molecule has 0 unspecified atom stereocenters. The van der Waals surface area contributed by atoms with Gasteiger partial charge in [-0.3, -0.25) is 0 Å². The molecule has 8 heteroatoms. The van der Waals surface area contributed by atoms with Crippen LogP contribution in [0.25, 0.3) is 10.9 Å². The van der Waals surface area contributed by atoms with Crippen molar-refractivity contribution in [3.8, 4) is 0 Å². The number of alkyl carbamates (subject to hydrolysis) is 1. The van der Waals surface area contributed by atoms with Gasteiger partial charge in [-0.2, -0.15) is 0 Å². The fourth-order valence-corrected chi connectivity index (χ4v) is 2.73. The number of anilines is 1. The summed E-state index contributed by atoms with van der Waals surface area (Å²) in [4.78, 5) is 15.9. The Labute approximate surface area is 159 Å². The first-order valence-corrected chi connectivity index (χ1v) is 9.09. The van der Waals surface area contributed by atoms with Gasteiger partial charge in [0.05, 0.1) is 9.99 Å². The number of carbonyl (C=O) groups is 1. The summed E-state index contributed by atoms with van der Waals surface area (Å²) in [5, 5.41) is 5.97. The topological polar surface area (TPSA) is 63.2 Å². The van der Waals surface area contributed by atoms with Gasteiger partial charge in [0.1, 0.15) is 23.1 Å². The zero-order valence-corrected chi connectivity index (χ0v) is 16.8. The number of fused-ring (bicyclic) bond motifs is 1. The molecule has 1 heterocycles. The Morgan fingerprint density at radius 2 is 1.96 bits per heavy atom. The van der Waals surface area contributed by atoms with Crippen LogP contribution in [0.3, 0.4) is 0 Å². The molecule has 0 radical (unpaired) electrons. The monoisotopic (exact) mass is 429 g/mol. The Hall–Kier alpha value is -1.96. The molecule has 1 aromatic heterocycles. The van der Waals surface area contributed by atoms with Gasteiger partial charge in [0.15, 0.2) is 0 Å². The first kappa shape index (κ1) is 20.4. The number of hydrogen-bond acceptors (Lipinski definition) is 4. The van der Waals surface area contributed by atoms with E-state index >= 15 is 0 Å². The molecule has 2 N–H and O–H groups in total. The van der Waals surface area contributed by atoms with E-state index < -0.39 is 23.3 Å². The van der Waals surface area contributed by atoms with E-state index in [1.54, 1.807) is 26.8 Å². The van der Waals surface area contributed by atoms with Crippen molar-refractivity contribution in [2.45, 2.75) is 39.7 Å². The summed E-state index contributed by atoms with van der Waals surface area (Å²) in [6.07, 6.45) is 0.0628. The average molecular weight is 430 g/mol. The summed E-state index contributed by atoms with van der Waals surface area (Å²) < 4.78 is 33.1. The molecule has 2 aromatic rings. The maximum Gasteiger partial charge on any atom is 0.407 e. The van der Waals surface area contributed by atoms with E-state index in [0.717, 1.165) is 5.56 Å². The summed E-state index contributed by atoms with van der Waals surface area (Å²) in [5.74, 6) is -0.864. The van der Waals surface area contributed by atoms with Crippen molar-refractivity contribution in [3.05, 3.63) is 33.8 Å². The predicted octanol–water partition coefficient (Wildman–Crippen LogP) is 4.77. The lowest BCUT2D eigenvalue weighted by atomic mass is 10.1. The number of halogens is 3. The predicted molar refractivity (Wildman–Crippen MR) is 101 cm³/mol. The van der Waals surface area contributed by atoms with Crippen LogP contribution in [0.2, 0.25) is 0 Å². The van der Waals surface area contributed by atoms with Gasteiger partial charge < -0.3 is 15.4 Å². The van der Waals surface area contributed by atoms with Crippen molar-refractivity contribution in [2.75, 3.05) is 18.4 Å². The van der Waals surface area contributed by atoms with Gasteiger partial charge in [0.25, 0.3) is 0 Å². The van der Waals surface area contributed by atoms with Gasteiger partial charge in [-0.1, -0.05) is 6.92 Å². The maximum absolute atomic E-state index is 14.4. The van der Waals surface area contributed by atoms with Crippen molar-refractivity contribution < 1.29 is 18.3 Å². The summed E-state index contributed by atoms with van der Waals surface area (Å²) in [6, 6.07) is 2.93. The highest BCUT2D eigenvalue weighted by Crippen LogP contribution is 2.31. The SMILES string of the molecule is CCc1cc(NCCNC(=O)OC(C)(C)C)nc2cc(F)c(Br)c(F)c12. The minimum atomic E-state index is -0.701. The maximum atomic E-state index is 14.4. The van der Waals surface area contributed by atoms with E-state index in [1.165, 1.54) is 6.07 Å². The second-order valence-corrected chi connectivity index (χ2v) is 7.55. The Morgan fingerprint density at radius 3 is 2.58 bits per heavy atom. The lowest BCUT2D eigenvalue weighted by Gasteiger charge is -2.19. The van der Waals surface area contributed by atoms with E-state index in [1.807, 2.05) is 6.92 Å². The Balaban J connectivity index is 2.09. The smallest absolute Gasteiger partial charge is 0.407 e. The highest BCUT2D eigenvalue weighted by Gasteiger charge is 2.17. The van der Waals surface area contributed by atoms with E-state index in [4.69, 9.17) is 4.74 Å². The number of nitrogens with zero attached hydrogens (tertiary/aromatic N) is 1. The number of amides is 1. The number of nitrogens with one attached hydrogen (secondary N) is 2. The fraction of sp³-hybridized carbons (Fsp3) is 0.444. The van der Waals surface area contributed by atoms with Crippen molar-refractivity contribution in [1.82, 2.24) is 10.3 Å². The van der Waals surface area contributed by atoms with Crippen LogP contribution in [-0.2, 0) is 11.2 Å². The number of carbonyl (C=O) groups excluding carboxylic acids is 1. The van der Waals surface area contributed by atoms with E-state index in [-0.39, 0.29) is 9.99 Å². The normalized spacial score (nSPS) is 11.5. The standard InChI is InChI=1S/C18H22BrF2N3O2/c1-5-10-8-13(22-6-7-23-17(25)26-18(2,3)4)24-12-9-11(20)15(19)16(21)14(10)12/h8-9H,5-7H2,1-4H3,(H,22,24)(H,23,25). The van der Waals surface area contributed by atoms with Gasteiger partial charge in [-0.15, -0.1) is 0 Å². The van der Waals surface area contributed by atoms with Crippen LogP contribution in [0.5, 0.6) is 0 Å². The second-order valence-electron chi connectivity index (χ2n) is 6.76. The molecule has 1 aromatic carbocycles. The van der Waals surface area contributed by atoms with Crippen LogP contribution in [-0.4, -0.2) is 29.8 Å². The Morgan fingerprint density at radius 1 is 1.27 bits per heavy atom. The highest BCUT2D eigenvalue weighted by atomic mass is 79.9. The number of hydrogen-bond donors (Lipinski definition) is 2. The van der Waals surface area contributed by atoms with Crippen LogP contribution in [0, 0.1) is 11.6 Å². The van der Waals surface area contributed by atoms with Crippen molar-refractivity contribution >= 4 is 38.7 Å². The minimum absolute atomic E-state index is 0.191. The van der Waals surface area contributed by atoms with Crippen LogP contribution < -0.4 is 10.6 Å². The number of rotatable bonds is 5. The molecule has 0 aliphatic heterocycles. The molecule has 0 aliphatic carbocycles. The molecule has 0 atom stereocenters. The van der Waals surface area contributed by atoms with Crippen molar-refractivity contribution in [3.63, 3.8) is 0 Å². The van der Waals surface area contributed by atoms with E-state index in [2.05, 4.69) is 31.5 Å². The van der Waals surface area contributed by atoms with Crippen LogP contribution in [0.4, 0.5) is 19.4 Å². The van der Waals surface area contributed by atoms with Crippen molar-refractivity contribution in [2.24, 2.45) is 0 Å². The third-order valence-electron chi connectivity index (χ3n) is 3.49. The lowest BCUT2D eigenvalue weighted by molar-refractivity contribution is 0.0530. The molecule has 0 bridgehead atoms. The quantitative estimate of drug-likeness (QED) is 0.530. The highest BCUT2D eigenvalue weighted by molar-refractivity contribution is 9.10. The molecule has 0 spiro atoms. The molecule has 1 amide bonds. The molecule has 142 valence electrons. The number of aromatic nitrogens is 1. The molecule has 0 saturated heterocycles. The molecule has 5 nitrogen and oxygen atoms in total. The van der Waals surface area contributed by atoms with Gasteiger partial charge in [-0.05, 0) is 54.8 Å². The van der Waals surface area contributed by atoms with Crippen LogP contribution >= 0.6 is 15.9 Å². The molecule has 0 aliphatic rings. The molecular formula is C18H22BrF2N3O2. The van der Waals surface area contributed by atoms with Crippen LogP contribution in [0.15, 0.2) is 16.6 Å². The lowest BCUT2D eigenvalue weighted by Crippen LogP contribution is -2.35. The summed E-state index contributed by atoms with van der Waals surface area (Å²) in [5.41, 5.74) is 0.400. The number of pyridine rings is 1. The average Bonchev–Trinajstić information content (AvgIpc) is 2.54. The number of benzene rings is 1. The molecule has 26 heavy (non-hydrogen) atoms. The van der Waals surface area contributed by atoms with Crippen LogP contribution in [0.1, 0.15) is 33.3 Å². The second kappa shape index (κ2) is 8.16. The third-order valence-corrected chi connectivity index (χ3v) is 4.22. The first-order chi connectivity index (χ1) is 12.1. The van der Waals surface area contributed by atoms with Gasteiger partial charge >= 0.3 is 6.09 Å². The zero-order valence-electron chi connectivity index (χ0n) is 15.2.